The van der Waals surface area contributed by atoms with Crippen LogP contribution in [0.15, 0.2) is 30.3 Å². The summed E-state index contributed by atoms with van der Waals surface area (Å²) in [6.45, 7) is 1.25. The number of methoxy groups -OCH3 is 1. The predicted molar refractivity (Wildman–Crippen MR) is 66.8 cm³/mol. The molecular formula is C14H16N2O2. The zero-order chi connectivity index (χ0) is 13.0. The number of benzene rings is 1. The molecule has 1 aromatic carbocycles. The van der Waals surface area contributed by atoms with E-state index in [-0.39, 0.29) is 12.0 Å². The summed E-state index contributed by atoms with van der Waals surface area (Å²) in [6, 6.07) is 11.3. The van der Waals surface area contributed by atoms with Crippen molar-refractivity contribution in [2.45, 2.75) is 18.4 Å². The minimum atomic E-state index is -0.707. The quantitative estimate of drug-likeness (QED) is 0.810. The molecule has 1 aliphatic rings. The molecule has 2 rings (SSSR count). The van der Waals surface area contributed by atoms with E-state index in [9.17, 15) is 10.1 Å². The Morgan fingerprint density at radius 1 is 1.50 bits per heavy atom. The van der Waals surface area contributed by atoms with E-state index >= 15 is 0 Å². The summed E-state index contributed by atoms with van der Waals surface area (Å²) in [5.41, 5.74) is 0.755. The maximum Gasteiger partial charge on any atom is 0.244 e. The molecule has 4 heteroatoms. The number of amides is 1. The van der Waals surface area contributed by atoms with Crippen LogP contribution in [0.2, 0.25) is 0 Å². The van der Waals surface area contributed by atoms with E-state index in [1.54, 1.807) is 12.0 Å². The number of nitrogens with zero attached hydrogens (tertiary/aromatic N) is 2. The number of nitriles is 1. The van der Waals surface area contributed by atoms with E-state index in [1.165, 1.54) is 0 Å². The van der Waals surface area contributed by atoms with E-state index in [1.807, 2.05) is 30.3 Å². The number of rotatable bonds is 3. The Labute approximate surface area is 107 Å². The van der Waals surface area contributed by atoms with Gasteiger partial charge < -0.3 is 9.64 Å². The van der Waals surface area contributed by atoms with Crippen molar-refractivity contribution in [2.75, 3.05) is 20.2 Å². The van der Waals surface area contributed by atoms with Crippen LogP contribution in [0.3, 0.4) is 0 Å². The van der Waals surface area contributed by atoms with Gasteiger partial charge in [-0.3, -0.25) is 4.79 Å². The molecule has 2 atom stereocenters. The molecule has 0 aliphatic carbocycles. The minimum Gasteiger partial charge on any atom is -0.380 e. The molecule has 0 aromatic heterocycles. The highest BCUT2D eigenvalue weighted by atomic mass is 16.5. The van der Waals surface area contributed by atoms with E-state index in [0.717, 1.165) is 12.0 Å². The van der Waals surface area contributed by atoms with Gasteiger partial charge in [-0.2, -0.15) is 5.26 Å². The number of hydrogen-bond acceptors (Lipinski definition) is 3. The standard InChI is InChI=1S/C14H16N2O2/c1-18-12-7-8-16(10-12)14(17)13(9-15)11-5-3-2-4-6-11/h2-6,12-13H,7-8,10H2,1H3. The van der Waals surface area contributed by atoms with Crippen molar-refractivity contribution < 1.29 is 9.53 Å². The molecule has 1 aromatic rings. The van der Waals surface area contributed by atoms with Crippen LogP contribution in [-0.2, 0) is 9.53 Å². The third kappa shape index (κ3) is 2.52. The lowest BCUT2D eigenvalue weighted by molar-refractivity contribution is -0.130. The Morgan fingerprint density at radius 3 is 2.78 bits per heavy atom. The van der Waals surface area contributed by atoms with E-state index < -0.39 is 5.92 Å². The number of carbonyl (C=O) groups excluding carboxylic acids is 1. The van der Waals surface area contributed by atoms with E-state index in [2.05, 4.69) is 6.07 Å². The molecule has 0 spiro atoms. The molecule has 0 saturated carbocycles. The van der Waals surface area contributed by atoms with Crippen molar-refractivity contribution in [2.24, 2.45) is 0 Å². The molecule has 1 amide bonds. The normalized spacial score (nSPS) is 20.4. The SMILES string of the molecule is COC1CCN(C(=O)C(C#N)c2ccccc2)C1. The fraction of sp³-hybridized carbons (Fsp3) is 0.429. The van der Waals surface area contributed by atoms with Gasteiger partial charge in [0.05, 0.1) is 12.2 Å². The lowest BCUT2D eigenvalue weighted by atomic mass is 9.99. The monoisotopic (exact) mass is 244 g/mol. The third-order valence-electron chi connectivity index (χ3n) is 3.30. The van der Waals surface area contributed by atoms with Gasteiger partial charge in [-0.25, -0.2) is 0 Å². The molecule has 4 nitrogen and oxygen atoms in total. The topological polar surface area (TPSA) is 53.3 Å². The molecule has 1 saturated heterocycles. The maximum absolute atomic E-state index is 12.3. The van der Waals surface area contributed by atoms with Crippen LogP contribution in [0.1, 0.15) is 17.9 Å². The Kier molecular flexibility index (Phi) is 3.96. The van der Waals surface area contributed by atoms with Crippen molar-refractivity contribution >= 4 is 5.91 Å². The molecule has 0 bridgehead atoms. The zero-order valence-corrected chi connectivity index (χ0v) is 10.4. The number of hydrogen-bond donors (Lipinski definition) is 0. The first-order valence-corrected chi connectivity index (χ1v) is 6.02. The second-order valence-electron chi connectivity index (χ2n) is 4.40. The summed E-state index contributed by atoms with van der Waals surface area (Å²) < 4.78 is 5.23. The maximum atomic E-state index is 12.3. The third-order valence-corrected chi connectivity index (χ3v) is 3.30. The van der Waals surface area contributed by atoms with Crippen LogP contribution in [0, 0.1) is 11.3 Å². The fourth-order valence-electron chi connectivity index (χ4n) is 2.22. The summed E-state index contributed by atoms with van der Waals surface area (Å²) >= 11 is 0. The van der Waals surface area contributed by atoms with Crippen LogP contribution >= 0.6 is 0 Å². The molecule has 1 heterocycles. The van der Waals surface area contributed by atoms with Gasteiger partial charge in [0.2, 0.25) is 5.91 Å². The summed E-state index contributed by atoms with van der Waals surface area (Å²) in [7, 11) is 1.65. The second kappa shape index (κ2) is 5.65. The lowest BCUT2D eigenvalue weighted by Gasteiger charge is -2.19. The first-order chi connectivity index (χ1) is 8.76. The van der Waals surface area contributed by atoms with Gasteiger partial charge in [0, 0.05) is 20.2 Å². The van der Waals surface area contributed by atoms with Crippen molar-refractivity contribution in [1.82, 2.24) is 4.90 Å². The average molecular weight is 244 g/mol. The molecule has 0 N–H and O–H groups in total. The Morgan fingerprint density at radius 2 is 2.22 bits per heavy atom. The van der Waals surface area contributed by atoms with Gasteiger partial charge in [-0.15, -0.1) is 0 Å². The summed E-state index contributed by atoms with van der Waals surface area (Å²) in [4.78, 5) is 14.0. The Bertz CT molecular complexity index is 453. The van der Waals surface area contributed by atoms with Crippen molar-refractivity contribution in [3.05, 3.63) is 35.9 Å². The summed E-state index contributed by atoms with van der Waals surface area (Å²) in [6.07, 6.45) is 0.943. The van der Waals surface area contributed by atoms with Gasteiger partial charge in [-0.1, -0.05) is 30.3 Å². The molecular weight excluding hydrogens is 228 g/mol. The molecule has 1 aliphatic heterocycles. The van der Waals surface area contributed by atoms with Gasteiger partial charge in [0.25, 0.3) is 0 Å². The zero-order valence-electron chi connectivity index (χ0n) is 10.4. The summed E-state index contributed by atoms with van der Waals surface area (Å²) in [5, 5.41) is 9.20. The first-order valence-electron chi connectivity index (χ1n) is 6.02. The number of ether oxygens (including phenoxy) is 1. The predicted octanol–water partition coefficient (Wildman–Crippen LogP) is 1.54. The van der Waals surface area contributed by atoms with Crippen molar-refractivity contribution in [1.29, 1.82) is 5.26 Å². The highest BCUT2D eigenvalue weighted by Gasteiger charge is 2.31. The molecule has 94 valence electrons. The average Bonchev–Trinajstić information content (AvgIpc) is 2.89. The lowest BCUT2D eigenvalue weighted by Crippen LogP contribution is -2.33. The summed E-state index contributed by atoms with van der Waals surface area (Å²) in [5.74, 6) is -0.829. The van der Waals surface area contributed by atoms with Gasteiger partial charge in [0.15, 0.2) is 0 Å². The molecule has 18 heavy (non-hydrogen) atoms. The largest absolute Gasteiger partial charge is 0.380 e. The molecule has 1 fully saturated rings. The van der Waals surface area contributed by atoms with Gasteiger partial charge in [-0.05, 0) is 12.0 Å². The van der Waals surface area contributed by atoms with Crippen molar-refractivity contribution in [3.63, 3.8) is 0 Å². The van der Waals surface area contributed by atoms with Crippen LogP contribution < -0.4 is 0 Å². The van der Waals surface area contributed by atoms with Crippen LogP contribution in [0.25, 0.3) is 0 Å². The van der Waals surface area contributed by atoms with Gasteiger partial charge >= 0.3 is 0 Å². The highest BCUT2D eigenvalue weighted by Crippen LogP contribution is 2.21. The van der Waals surface area contributed by atoms with Gasteiger partial charge in [0.1, 0.15) is 5.92 Å². The number of likely N-dealkylation sites (tertiary alicyclic amines) is 1. The fourth-order valence-corrected chi connectivity index (χ4v) is 2.22. The van der Waals surface area contributed by atoms with Crippen LogP contribution in [0.5, 0.6) is 0 Å². The van der Waals surface area contributed by atoms with Crippen molar-refractivity contribution in [3.8, 4) is 6.07 Å². The molecule has 0 radical (unpaired) electrons. The first kappa shape index (κ1) is 12.6. The van der Waals surface area contributed by atoms with Crippen LogP contribution in [0.4, 0.5) is 0 Å². The number of carbonyl (C=O) groups is 1. The second-order valence-corrected chi connectivity index (χ2v) is 4.40. The Hall–Kier alpha value is -1.86. The van der Waals surface area contributed by atoms with Crippen LogP contribution in [-0.4, -0.2) is 37.1 Å². The minimum absolute atomic E-state index is 0.101. The smallest absolute Gasteiger partial charge is 0.244 e. The van der Waals surface area contributed by atoms with E-state index in [4.69, 9.17) is 4.74 Å². The Balaban J connectivity index is 2.10. The molecule has 2 unspecified atom stereocenters. The van der Waals surface area contributed by atoms with E-state index in [0.29, 0.717) is 13.1 Å². The highest BCUT2D eigenvalue weighted by molar-refractivity contribution is 5.86.